The molecule has 0 saturated heterocycles. The lowest BCUT2D eigenvalue weighted by molar-refractivity contribution is 0.0597. The van der Waals surface area contributed by atoms with Gasteiger partial charge in [-0.2, -0.15) is 0 Å². The standard InChI is InChI=1S/C44H34N2O4/c1-3-25-7-5-9-27(23-25)19-21-45-41(47)33-15-11-29-31-13-17-35-40-36(44(50)46(43(35)49)22-20-28-10-6-8-26(4-2)24-28)18-14-32(38(31)40)30-12-16-34(42(45)48)39(33)37(29)30/h5-18,23-24H,3-4,19-22H2,1-2H3. The van der Waals surface area contributed by atoms with Crippen LogP contribution < -0.4 is 0 Å². The van der Waals surface area contributed by atoms with Gasteiger partial charge in [0.25, 0.3) is 23.6 Å². The average molecular weight is 655 g/mol. The van der Waals surface area contributed by atoms with Crippen LogP contribution in [0.15, 0.2) is 97.1 Å². The van der Waals surface area contributed by atoms with Crippen LogP contribution in [0.3, 0.4) is 0 Å². The lowest BCUT2D eigenvalue weighted by atomic mass is 9.82. The maximum Gasteiger partial charge on any atom is 0.261 e. The van der Waals surface area contributed by atoms with Crippen LogP contribution in [0.5, 0.6) is 0 Å². The van der Waals surface area contributed by atoms with E-state index in [1.54, 1.807) is 0 Å². The fourth-order valence-corrected chi connectivity index (χ4v) is 8.27. The number of fused-ring (bicyclic) bond motifs is 2. The van der Waals surface area contributed by atoms with E-state index in [9.17, 15) is 19.2 Å². The fraction of sp³-hybridized carbons (Fsp3) is 0.182. The molecule has 2 heterocycles. The Balaban J connectivity index is 1.13. The number of aryl methyl sites for hydroxylation is 2. The van der Waals surface area contributed by atoms with Crippen LogP contribution in [0, 0.1) is 0 Å². The first-order chi connectivity index (χ1) is 24.4. The van der Waals surface area contributed by atoms with E-state index in [0.29, 0.717) is 59.0 Å². The van der Waals surface area contributed by atoms with Crippen molar-refractivity contribution in [2.24, 2.45) is 0 Å². The predicted octanol–water partition coefficient (Wildman–Crippen LogP) is 8.54. The lowest BCUT2D eigenvalue weighted by Gasteiger charge is -2.30. The molecule has 2 aliphatic rings. The van der Waals surface area contributed by atoms with Crippen LogP contribution in [0.1, 0.15) is 77.5 Å². The maximum atomic E-state index is 14.0. The molecule has 0 radical (unpaired) electrons. The van der Waals surface area contributed by atoms with Crippen molar-refractivity contribution in [2.45, 2.75) is 39.5 Å². The van der Waals surface area contributed by atoms with Gasteiger partial charge in [-0.15, -0.1) is 0 Å². The van der Waals surface area contributed by atoms with Crippen molar-refractivity contribution in [3.63, 3.8) is 0 Å². The van der Waals surface area contributed by atoms with E-state index in [-0.39, 0.29) is 23.6 Å². The van der Waals surface area contributed by atoms with Crippen molar-refractivity contribution in [3.8, 4) is 0 Å². The molecule has 0 spiro atoms. The molecular weight excluding hydrogens is 620 g/mol. The molecule has 0 saturated carbocycles. The van der Waals surface area contributed by atoms with Crippen molar-refractivity contribution >= 4 is 66.7 Å². The van der Waals surface area contributed by atoms with Crippen molar-refractivity contribution in [3.05, 3.63) is 142 Å². The van der Waals surface area contributed by atoms with Gasteiger partial charge in [0.05, 0.1) is 0 Å². The summed E-state index contributed by atoms with van der Waals surface area (Å²) in [6, 6.07) is 31.7. The van der Waals surface area contributed by atoms with Crippen molar-refractivity contribution in [1.29, 1.82) is 0 Å². The predicted molar refractivity (Wildman–Crippen MR) is 197 cm³/mol. The van der Waals surface area contributed by atoms with Crippen LogP contribution in [-0.2, 0) is 25.7 Å². The Morgan fingerprint density at radius 3 is 1.04 bits per heavy atom. The maximum absolute atomic E-state index is 14.0. The SMILES string of the molecule is CCc1cccc(CCN2C(=O)c3ccc4c5ccc6c7c(ccc(c8ccc(c3c48)C2=O)c75)C(=O)N(CCc2cccc(CC)c2)C6=O)c1. The van der Waals surface area contributed by atoms with Gasteiger partial charge < -0.3 is 0 Å². The van der Waals surface area contributed by atoms with Gasteiger partial charge in [-0.25, -0.2) is 0 Å². The fourth-order valence-electron chi connectivity index (χ4n) is 8.27. The third kappa shape index (κ3) is 4.34. The Bertz CT molecular complexity index is 2320. The van der Waals surface area contributed by atoms with Gasteiger partial charge in [0.15, 0.2) is 0 Å². The number of carbonyl (C=O) groups excluding carboxylic acids is 4. The molecule has 0 fully saturated rings. The highest BCUT2D eigenvalue weighted by Gasteiger charge is 2.36. The highest BCUT2D eigenvalue weighted by molar-refractivity contribution is 6.41. The number of imide groups is 2. The van der Waals surface area contributed by atoms with Crippen LogP contribution >= 0.6 is 0 Å². The van der Waals surface area contributed by atoms with Gasteiger partial charge >= 0.3 is 0 Å². The molecule has 9 rings (SSSR count). The molecule has 0 unspecified atom stereocenters. The first kappa shape index (κ1) is 30.2. The van der Waals surface area contributed by atoms with Crippen molar-refractivity contribution in [2.75, 3.05) is 13.1 Å². The normalized spacial score (nSPS) is 14.4. The molecule has 4 amide bonds. The summed E-state index contributed by atoms with van der Waals surface area (Å²) >= 11 is 0. The van der Waals surface area contributed by atoms with E-state index in [1.807, 2.05) is 72.8 Å². The van der Waals surface area contributed by atoms with E-state index in [2.05, 4.69) is 38.1 Å². The second kappa shape index (κ2) is 11.3. The lowest BCUT2D eigenvalue weighted by Crippen LogP contribution is -2.41. The second-order valence-electron chi connectivity index (χ2n) is 13.5. The van der Waals surface area contributed by atoms with Gasteiger partial charge in [-0.3, -0.25) is 29.0 Å². The zero-order valence-corrected chi connectivity index (χ0v) is 28.0. The summed E-state index contributed by atoms with van der Waals surface area (Å²) in [7, 11) is 0. The number of amides is 4. The minimum Gasteiger partial charge on any atom is -0.274 e. The van der Waals surface area contributed by atoms with Crippen molar-refractivity contribution < 1.29 is 19.2 Å². The number of nitrogens with zero attached hydrogens (tertiary/aromatic N) is 2. The van der Waals surface area contributed by atoms with Crippen molar-refractivity contribution in [1.82, 2.24) is 9.80 Å². The summed E-state index contributed by atoms with van der Waals surface area (Å²) in [6.07, 6.45) is 3.02. The Morgan fingerprint density at radius 1 is 0.400 bits per heavy atom. The monoisotopic (exact) mass is 654 g/mol. The number of hydrogen-bond acceptors (Lipinski definition) is 4. The Kier molecular flexibility index (Phi) is 6.85. The number of hydrogen-bond donors (Lipinski definition) is 0. The molecule has 0 aliphatic carbocycles. The zero-order chi connectivity index (χ0) is 34.3. The van der Waals surface area contributed by atoms with E-state index in [0.717, 1.165) is 56.3 Å². The smallest absolute Gasteiger partial charge is 0.261 e. The first-order valence-electron chi connectivity index (χ1n) is 17.5. The molecule has 6 heteroatoms. The zero-order valence-electron chi connectivity index (χ0n) is 28.0. The number of carbonyl (C=O) groups is 4. The van der Waals surface area contributed by atoms with Gasteiger partial charge in [-0.1, -0.05) is 86.6 Å². The van der Waals surface area contributed by atoms with Gasteiger partial charge in [-0.05, 0) is 105 Å². The molecule has 0 N–H and O–H groups in total. The summed E-state index contributed by atoms with van der Waals surface area (Å²) in [5.41, 5.74) is 6.71. The quantitative estimate of drug-likeness (QED) is 0.0935. The van der Waals surface area contributed by atoms with Gasteiger partial charge in [0.1, 0.15) is 0 Å². The Labute approximate surface area is 289 Å². The largest absolute Gasteiger partial charge is 0.274 e. The molecule has 0 aromatic heterocycles. The second-order valence-corrected chi connectivity index (χ2v) is 13.5. The van der Waals surface area contributed by atoms with Crippen LogP contribution in [0.4, 0.5) is 0 Å². The van der Waals surface area contributed by atoms with E-state index in [4.69, 9.17) is 0 Å². The molecule has 50 heavy (non-hydrogen) atoms. The first-order valence-corrected chi connectivity index (χ1v) is 17.5. The minimum absolute atomic E-state index is 0.286. The minimum atomic E-state index is -0.286. The van der Waals surface area contributed by atoms with E-state index < -0.39 is 0 Å². The average Bonchev–Trinajstić information content (AvgIpc) is 3.15. The summed E-state index contributed by atoms with van der Waals surface area (Å²) in [6.45, 7) is 4.82. The molecule has 6 nitrogen and oxygen atoms in total. The molecular formula is C44H34N2O4. The highest BCUT2D eigenvalue weighted by Crippen LogP contribution is 2.46. The van der Waals surface area contributed by atoms with Gasteiger partial charge in [0.2, 0.25) is 0 Å². The molecule has 7 aromatic rings. The number of benzene rings is 7. The molecule has 244 valence electrons. The molecule has 0 bridgehead atoms. The Hall–Kier alpha value is -5.88. The summed E-state index contributed by atoms with van der Waals surface area (Å²) in [5.74, 6) is -1.14. The van der Waals surface area contributed by atoms with Crippen LogP contribution in [0.2, 0.25) is 0 Å². The van der Waals surface area contributed by atoms with Gasteiger partial charge in [0, 0.05) is 46.1 Å². The van der Waals surface area contributed by atoms with Crippen LogP contribution in [-0.4, -0.2) is 46.5 Å². The number of rotatable bonds is 8. The Morgan fingerprint density at radius 2 is 0.720 bits per heavy atom. The third-order valence-electron chi connectivity index (χ3n) is 10.9. The highest BCUT2D eigenvalue weighted by atomic mass is 16.2. The molecule has 2 aliphatic heterocycles. The molecule has 0 atom stereocenters. The third-order valence-corrected chi connectivity index (χ3v) is 10.9. The summed E-state index contributed by atoms with van der Waals surface area (Å²) in [4.78, 5) is 58.6. The molecule has 7 aromatic carbocycles. The van der Waals surface area contributed by atoms with Crippen LogP contribution in [0.25, 0.3) is 43.1 Å². The van der Waals surface area contributed by atoms with E-state index >= 15 is 0 Å². The summed E-state index contributed by atoms with van der Waals surface area (Å²) < 4.78 is 0. The topological polar surface area (TPSA) is 74.8 Å². The summed E-state index contributed by atoms with van der Waals surface area (Å²) in [5, 5.41) is 6.61. The van der Waals surface area contributed by atoms with E-state index in [1.165, 1.54) is 20.9 Å².